The van der Waals surface area contributed by atoms with Crippen LogP contribution < -0.4 is 0 Å². The van der Waals surface area contributed by atoms with Gasteiger partial charge in [0, 0.05) is 45.1 Å². The Bertz CT molecular complexity index is 742. The summed E-state index contributed by atoms with van der Waals surface area (Å²) in [5.74, 6) is -3.00. The van der Waals surface area contributed by atoms with Gasteiger partial charge in [-0.2, -0.15) is 0 Å². The van der Waals surface area contributed by atoms with E-state index in [0.717, 1.165) is 6.29 Å². The largest absolute Gasteiger partial charge is 0.462 e. The van der Waals surface area contributed by atoms with Crippen LogP contribution in [0.1, 0.15) is 47.0 Å². The minimum absolute atomic E-state index is 0.0236. The van der Waals surface area contributed by atoms with Gasteiger partial charge in [-0.3, -0.25) is 14.4 Å². The molecule has 0 N–H and O–H groups in total. The molecule has 8 heteroatoms. The van der Waals surface area contributed by atoms with E-state index in [2.05, 4.69) is 0 Å². The Hall–Kier alpha value is -2.48. The van der Waals surface area contributed by atoms with Crippen LogP contribution in [0.4, 0.5) is 0 Å². The molecule has 0 amide bonds. The zero-order chi connectivity index (χ0) is 23.8. The first-order valence-corrected chi connectivity index (χ1v) is 11.0. The molecule has 8 atom stereocenters. The maximum Gasteiger partial charge on any atom is 0.306 e. The van der Waals surface area contributed by atoms with Crippen LogP contribution in [0.2, 0.25) is 0 Å². The summed E-state index contributed by atoms with van der Waals surface area (Å²) in [4.78, 5) is 48.3. The molecule has 1 aliphatic heterocycles. The number of hydrogen-bond acceptors (Lipinski definition) is 8. The molecule has 2 aliphatic rings. The lowest BCUT2D eigenvalue weighted by Gasteiger charge is -2.29. The molecule has 0 spiro atoms. The van der Waals surface area contributed by atoms with E-state index in [0.29, 0.717) is 12.8 Å². The van der Waals surface area contributed by atoms with Crippen molar-refractivity contribution in [2.75, 3.05) is 7.11 Å². The molecule has 1 heterocycles. The first-order chi connectivity index (χ1) is 15.2. The standard InChI is InChI=1S/C24H34O8/c1-14-11-18-20(13-25)19(23(29-5)24(18)32-17(4)27)12-22(28)30-15(2)9-7-6-8-10-21(14)31-16(3)26/h6-8,10,13-15,18-21,23-24H,9,11-12H2,1-5H3/b7-6+,10-8+/t14-,15-,18-,19-,20+,21+,23+,24+/m1/s1. The average molecular weight is 451 g/mol. The van der Waals surface area contributed by atoms with Gasteiger partial charge in [0.1, 0.15) is 24.6 Å². The maximum absolute atomic E-state index is 12.6. The van der Waals surface area contributed by atoms with Crippen molar-refractivity contribution < 1.29 is 38.1 Å². The molecule has 2 bridgehead atoms. The molecule has 1 saturated carbocycles. The second-order valence-corrected chi connectivity index (χ2v) is 8.66. The zero-order valence-electron chi connectivity index (χ0n) is 19.4. The molecule has 0 aromatic heterocycles. The minimum atomic E-state index is -0.708. The van der Waals surface area contributed by atoms with Gasteiger partial charge in [0.05, 0.1) is 12.5 Å². The first-order valence-electron chi connectivity index (χ1n) is 11.0. The Balaban J connectivity index is 2.47. The summed E-state index contributed by atoms with van der Waals surface area (Å²) in [6.07, 6.45) is 6.77. The van der Waals surface area contributed by atoms with Crippen molar-refractivity contribution in [2.24, 2.45) is 23.7 Å². The molecule has 8 nitrogen and oxygen atoms in total. The van der Waals surface area contributed by atoms with Crippen molar-refractivity contribution in [3.05, 3.63) is 24.3 Å². The lowest BCUT2D eigenvalue weighted by Crippen LogP contribution is -2.36. The number of esters is 3. The average Bonchev–Trinajstić information content (AvgIpc) is 2.96. The molecular weight excluding hydrogens is 416 g/mol. The van der Waals surface area contributed by atoms with E-state index in [1.54, 1.807) is 19.1 Å². The van der Waals surface area contributed by atoms with Gasteiger partial charge < -0.3 is 23.7 Å². The van der Waals surface area contributed by atoms with Gasteiger partial charge in [-0.1, -0.05) is 25.2 Å². The summed E-state index contributed by atoms with van der Waals surface area (Å²) in [6.45, 7) is 6.35. The van der Waals surface area contributed by atoms with Gasteiger partial charge in [0.25, 0.3) is 0 Å². The lowest BCUT2D eigenvalue weighted by atomic mass is 9.81. The third-order valence-corrected chi connectivity index (χ3v) is 6.15. The Morgan fingerprint density at radius 1 is 1.06 bits per heavy atom. The van der Waals surface area contributed by atoms with E-state index in [9.17, 15) is 19.2 Å². The number of carbonyl (C=O) groups is 4. The van der Waals surface area contributed by atoms with E-state index in [-0.39, 0.29) is 18.4 Å². The van der Waals surface area contributed by atoms with Crippen molar-refractivity contribution >= 4 is 24.2 Å². The number of rotatable bonds is 4. The molecule has 32 heavy (non-hydrogen) atoms. The van der Waals surface area contributed by atoms with Crippen molar-refractivity contribution in [3.63, 3.8) is 0 Å². The Labute approximate surface area is 189 Å². The van der Waals surface area contributed by atoms with Crippen LogP contribution in [0.5, 0.6) is 0 Å². The number of ether oxygens (including phenoxy) is 4. The van der Waals surface area contributed by atoms with Gasteiger partial charge in [0.2, 0.25) is 0 Å². The highest BCUT2D eigenvalue weighted by Gasteiger charge is 2.53. The monoisotopic (exact) mass is 450 g/mol. The third kappa shape index (κ3) is 6.76. The molecule has 1 aliphatic carbocycles. The number of allylic oxidation sites excluding steroid dienone is 2. The molecule has 0 aromatic carbocycles. The quantitative estimate of drug-likeness (QED) is 0.366. The van der Waals surface area contributed by atoms with Gasteiger partial charge in [-0.05, 0) is 25.3 Å². The topological polar surface area (TPSA) is 105 Å². The second kappa shape index (κ2) is 11.9. The summed E-state index contributed by atoms with van der Waals surface area (Å²) in [5.41, 5.74) is 0. The van der Waals surface area contributed by atoms with Crippen LogP contribution in [0.25, 0.3) is 0 Å². The van der Waals surface area contributed by atoms with Crippen LogP contribution in [-0.2, 0) is 38.1 Å². The molecule has 2 rings (SSSR count). The van der Waals surface area contributed by atoms with Crippen LogP contribution in [-0.4, -0.2) is 55.7 Å². The molecular formula is C24H34O8. The van der Waals surface area contributed by atoms with E-state index in [1.165, 1.54) is 21.0 Å². The van der Waals surface area contributed by atoms with Gasteiger partial charge in [-0.25, -0.2) is 0 Å². The SMILES string of the molecule is CO[C@H]1[C@@H]2CC(=O)O[C@H](C)C/C=C/C=C/[C@H](OC(C)=O)[C@H](C)C[C@H]([C@@H]2C=O)[C@@H]1OC(C)=O. The number of cyclic esters (lactones) is 1. The summed E-state index contributed by atoms with van der Waals surface area (Å²) >= 11 is 0. The number of carbonyl (C=O) groups excluding carboxylic acids is 4. The summed E-state index contributed by atoms with van der Waals surface area (Å²) in [5, 5.41) is 0. The highest BCUT2D eigenvalue weighted by atomic mass is 16.6. The summed E-state index contributed by atoms with van der Waals surface area (Å²) < 4.78 is 22.3. The second-order valence-electron chi connectivity index (χ2n) is 8.66. The van der Waals surface area contributed by atoms with Crippen LogP contribution >= 0.6 is 0 Å². The fourth-order valence-corrected chi connectivity index (χ4v) is 4.78. The molecule has 0 saturated heterocycles. The number of methoxy groups -OCH3 is 1. The molecule has 1 fully saturated rings. The first kappa shape index (κ1) is 25.8. The smallest absolute Gasteiger partial charge is 0.306 e. The van der Waals surface area contributed by atoms with Gasteiger partial charge >= 0.3 is 17.9 Å². The highest BCUT2D eigenvalue weighted by Crippen LogP contribution is 2.45. The van der Waals surface area contributed by atoms with Crippen LogP contribution in [0, 0.1) is 23.7 Å². The number of hydrogen-bond donors (Lipinski definition) is 0. The molecule has 0 unspecified atom stereocenters. The fraction of sp³-hybridized carbons (Fsp3) is 0.667. The molecule has 0 radical (unpaired) electrons. The predicted molar refractivity (Wildman–Crippen MR) is 115 cm³/mol. The summed E-state index contributed by atoms with van der Waals surface area (Å²) in [6, 6.07) is 0. The number of fused-ring (bicyclic) bond motifs is 2. The molecule has 178 valence electrons. The maximum atomic E-state index is 12.6. The normalized spacial score (nSPS) is 37.8. The van der Waals surface area contributed by atoms with E-state index < -0.39 is 54.0 Å². The third-order valence-electron chi connectivity index (χ3n) is 6.15. The summed E-state index contributed by atoms with van der Waals surface area (Å²) in [7, 11) is 1.48. The Kier molecular flexibility index (Phi) is 9.62. The highest BCUT2D eigenvalue weighted by molar-refractivity contribution is 5.71. The van der Waals surface area contributed by atoms with Crippen molar-refractivity contribution in [1.82, 2.24) is 0 Å². The van der Waals surface area contributed by atoms with Crippen molar-refractivity contribution in [2.45, 2.75) is 71.4 Å². The van der Waals surface area contributed by atoms with E-state index in [1.807, 2.05) is 19.1 Å². The van der Waals surface area contributed by atoms with E-state index >= 15 is 0 Å². The lowest BCUT2D eigenvalue weighted by molar-refractivity contribution is -0.157. The fourth-order valence-electron chi connectivity index (χ4n) is 4.78. The van der Waals surface area contributed by atoms with Gasteiger partial charge in [0.15, 0.2) is 0 Å². The van der Waals surface area contributed by atoms with Crippen molar-refractivity contribution in [3.8, 4) is 0 Å². The minimum Gasteiger partial charge on any atom is -0.462 e. The van der Waals surface area contributed by atoms with E-state index in [4.69, 9.17) is 18.9 Å². The Morgan fingerprint density at radius 3 is 2.34 bits per heavy atom. The van der Waals surface area contributed by atoms with Crippen LogP contribution in [0.15, 0.2) is 24.3 Å². The van der Waals surface area contributed by atoms with Crippen LogP contribution in [0.3, 0.4) is 0 Å². The van der Waals surface area contributed by atoms with Crippen molar-refractivity contribution in [1.29, 1.82) is 0 Å². The predicted octanol–water partition coefficient (Wildman–Crippen LogP) is 2.79. The zero-order valence-corrected chi connectivity index (χ0v) is 19.4. The Morgan fingerprint density at radius 2 is 1.75 bits per heavy atom. The number of aldehydes is 1. The van der Waals surface area contributed by atoms with Gasteiger partial charge in [-0.15, -0.1) is 0 Å². The molecule has 0 aromatic rings.